The zero-order valence-electron chi connectivity index (χ0n) is 15.7. The van der Waals surface area contributed by atoms with Gasteiger partial charge in [-0.05, 0) is 23.3 Å². The summed E-state index contributed by atoms with van der Waals surface area (Å²) in [6, 6.07) is 16.6. The van der Waals surface area contributed by atoms with Crippen molar-refractivity contribution in [3.05, 3.63) is 94.5 Å². The number of amides is 1. The van der Waals surface area contributed by atoms with Gasteiger partial charge in [-0.1, -0.05) is 48.5 Å². The van der Waals surface area contributed by atoms with Crippen LogP contribution in [-0.4, -0.2) is 25.9 Å². The molecule has 0 atom stereocenters. The average Bonchev–Trinajstić information content (AvgIpc) is 3.17. The Bertz CT molecular complexity index is 1080. The van der Waals surface area contributed by atoms with E-state index in [0.29, 0.717) is 23.4 Å². The van der Waals surface area contributed by atoms with Crippen molar-refractivity contribution < 1.29 is 13.2 Å². The predicted octanol–water partition coefficient (Wildman–Crippen LogP) is 3.59. The van der Waals surface area contributed by atoms with Crippen molar-refractivity contribution in [1.29, 1.82) is 0 Å². The van der Waals surface area contributed by atoms with Gasteiger partial charge in [-0.15, -0.1) is 17.9 Å². The summed E-state index contributed by atoms with van der Waals surface area (Å²) in [6.45, 7) is 3.68. The minimum Gasteiger partial charge on any atom is -0.321 e. The SMILES string of the molecule is C=CCNS(=O)(=O)Cc1ccc(NC(=O)c2csc(Cc3ccccc3)n2)cc1. The van der Waals surface area contributed by atoms with Crippen LogP contribution in [0.3, 0.4) is 0 Å². The van der Waals surface area contributed by atoms with Crippen LogP contribution in [0.5, 0.6) is 0 Å². The molecule has 6 nitrogen and oxygen atoms in total. The van der Waals surface area contributed by atoms with Gasteiger partial charge in [0.1, 0.15) is 5.69 Å². The third-order valence-electron chi connectivity index (χ3n) is 4.00. The van der Waals surface area contributed by atoms with Gasteiger partial charge in [-0.3, -0.25) is 4.79 Å². The maximum Gasteiger partial charge on any atom is 0.275 e. The topological polar surface area (TPSA) is 88.2 Å². The molecule has 0 aliphatic carbocycles. The predicted molar refractivity (Wildman–Crippen MR) is 117 cm³/mol. The van der Waals surface area contributed by atoms with Gasteiger partial charge in [0.05, 0.1) is 10.8 Å². The van der Waals surface area contributed by atoms with Crippen molar-refractivity contribution in [2.24, 2.45) is 0 Å². The lowest BCUT2D eigenvalue weighted by molar-refractivity contribution is 0.102. The number of aromatic nitrogens is 1. The Labute approximate surface area is 174 Å². The first-order valence-electron chi connectivity index (χ1n) is 8.92. The molecule has 2 N–H and O–H groups in total. The molecule has 0 bridgehead atoms. The molecule has 0 radical (unpaired) electrons. The quantitative estimate of drug-likeness (QED) is 0.511. The van der Waals surface area contributed by atoms with E-state index >= 15 is 0 Å². The van der Waals surface area contributed by atoms with Crippen LogP contribution in [0.4, 0.5) is 5.69 Å². The largest absolute Gasteiger partial charge is 0.321 e. The van der Waals surface area contributed by atoms with E-state index in [9.17, 15) is 13.2 Å². The third-order valence-corrected chi connectivity index (χ3v) is 6.17. The number of sulfonamides is 1. The average molecular weight is 428 g/mol. The minimum atomic E-state index is -3.42. The van der Waals surface area contributed by atoms with Crippen LogP contribution < -0.4 is 10.0 Å². The van der Waals surface area contributed by atoms with Crippen molar-refractivity contribution in [2.45, 2.75) is 12.2 Å². The van der Waals surface area contributed by atoms with Gasteiger partial charge in [0.25, 0.3) is 5.91 Å². The highest BCUT2D eigenvalue weighted by Gasteiger charge is 2.13. The lowest BCUT2D eigenvalue weighted by Gasteiger charge is -2.07. The molecule has 3 rings (SSSR count). The molecule has 2 aromatic carbocycles. The number of rotatable bonds is 9. The normalized spacial score (nSPS) is 11.2. The number of anilines is 1. The maximum atomic E-state index is 12.4. The highest BCUT2D eigenvalue weighted by molar-refractivity contribution is 7.88. The zero-order valence-corrected chi connectivity index (χ0v) is 17.3. The van der Waals surface area contributed by atoms with Crippen LogP contribution in [0.2, 0.25) is 0 Å². The lowest BCUT2D eigenvalue weighted by atomic mass is 10.2. The number of thiazole rings is 1. The Morgan fingerprint density at radius 1 is 1.07 bits per heavy atom. The summed E-state index contributed by atoms with van der Waals surface area (Å²) in [7, 11) is -3.42. The van der Waals surface area contributed by atoms with E-state index in [4.69, 9.17) is 0 Å². The maximum absolute atomic E-state index is 12.4. The molecule has 150 valence electrons. The smallest absolute Gasteiger partial charge is 0.275 e. The Balaban J connectivity index is 1.59. The van der Waals surface area contributed by atoms with Gasteiger partial charge >= 0.3 is 0 Å². The first-order chi connectivity index (χ1) is 13.9. The molecular formula is C21H21N3O3S2. The first-order valence-corrected chi connectivity index (χ1v) is 11.5. The van der Waals surface area contributed by atoms with Crippen LogP contribution in [-0.2, 0) is 22.2 Å². The molecule has 0 unspecified atom stereocenters. The van der Waals surface area contributed by atoms with Gasteiger partial charge < -0.3 is 5.32 Å². The van der Waals surface area contributed by atoms with E-state index in [0.717, 1.165) is 10.6 Å². The fraction of sp³-hybridized carbons (Fsp3) is 0.143. The fourth-order valence-corrected chi connectivity index (χ4v) is 4.52. The standard InChI is InChI=1S/C21H21N3O3S2/c1-2-12-22-29(26,27)15-17-8-10-18(11-9-17)23-21(25)19-14-28-20(24-19)13-16-6-4-3-5-7-16/h2-11,14,22H,1,12-13,15H2,(H,23,25). The Morgan fingerprint density at radius 3 is 2.48 bits per heavy atom. The molecule has 0 aliphatic heterocycles. The minimum absolute atomic E-state index is 0.135. The zero-order chi connectivity index (χ0) is 20.7. The van der Waals surface area contributed by atoms with Crippen molar-refractivity contribution in [1.82, 2.24) is 9.71 Å². The second-order valence-electron chi connectivity index (χ2n) is 6.34. The van der Waals surface area contributed by atoms with E-state index in [1.165, 1.54) is 17.4 Å². The molecule has 0 spiro atoms. The molecule has 8 heteroatoms. The number of hydrogen-bond acceptors (Lipinski definition) is 5. The van der Waals surface area contributed by atoms with Gasteiger partial charge in [0, 0.05) is 24.0 Å². The van der Waals surface area contributed by atoms with Gasteiger partial charge in [-0.25, -0.2) is 18.1 Å². The Kier molecular flexibility index (Phi) is 6.92. The molecule has 0 saturated heterocycles. The van der Waals surface area contributed by atoms with Crippen molar-refractivity contribution in [2.75, 3.05) is 11.9 Å². The molecule has 1 amide bonds. The summed E-state index contributed by atoms with van der Waals surface area (Å²) in [4.78, 5) is 16.8. The Hall–Kier alpha value is -2.81. The highest BCUT2D eigenvalue weighted by Crippen LogP contribution is 2.17. The van der Waals surface area contributed by atoms with Crippen LogP contribution in [0.1, 0.15) is 26.6 Å². The van der Waals surface area contributed by atoms with E-state index in [-0.39, 0.29) is 18.2 Å². The van der Waals surface area contributed by atoms with Gasteiger partial charge in [-0.2, -0.15) is 0 Å². The van der Waals surface area contributed by atoms with Gasteiger partial charge in [0.15, 0.2) is 0 Å². The van der Waals surface area contributed by atoms with Crippen molar-refractivity contribution in [3.8, 4) is 0 Å². The summed E-state index contributed by atoms with van der Waals surface area (Å²) in [5.74, 6) is -0.433. The number of benzene rings is 2. The first kappa shape index (κ1) is 20.9. The number of carbonyl (C=O) groups is 1. The third kappa shape index (κ3) is 6.35. The van der Waals surface area contributed by atoms with Crippen molar-refractivity contribution in [3.63, 3.8) is 0 Å². The number of carbonyl (C=O) groups excluding carboxylic acids is 1. The number of hydrogen-bond donors (Lipinski definition) is 2. The summed E-state index contributed by atoms with van der Waals surface area (Å²) < 4.78 is 26.2. The molecule has 0 fully saturated rings. The molecule has 3 aromatic rings. The molecule has 1 aromatic heterocycles. The fourth-order valence-electron chi connectivity index (χ4n) is 2.60. The van der Waals surface area contributed by atoms with E-state index in [2.05, 4.69) is 21.6 Å². The molecule has 1 heterocycles. The summed E-state index contributed by atoms with van der Waals surface area (Å²) in [5.41, 5.74) is 2.70. The van der Waals surface area contributed by atoms with Crippen LogP contribution >= 0.6 is 11.3 Å². The monoisotopic (exact) mass is 427 g/mol. The summed E-state index contributed by atoms with van der Waals surface area (Å²) in [6.07, 6.45) is 2.17. The molecule has 29 heavy (non-hydrogen) atoms. The van der Waals surface area contributed by atoms with E-state index in [1.54, 1.807) is 29.6 Å². The number of nitrogens with one attached hydrogen (secondary N) is 2. The molecular weight excluding hydrogens is 406 g/mol. The highest BCUT2D eigenvalue weighted by atomic mass is 32.2. The summed E-state index contributed by atoms with van der Waals surface area (Å²) in [5, 5.41) is 5.39. The van der Waals surface area contributed by atoms with Crippen LogP contribution in [0, 0.1) is 0 Å². The van der Waals surface area contributed by atoms with E-state index in [1.807, 2.05) is 30.3 Å². The van der Waals surface area contributed by atoms with E-state index < -0.39 is 10.0 Å². The van der Waals surface area contributed by atoms with Crippen LogP contribution in [0.25, 0.3) is 0 Å². The number of nitrogens with zero attached hydrogens (tertiary/aromatic N) is 1. The van der Waals surface area contributed by atoms with Crippen molar-refractivity contribution >= 4 is 33.0 Å². The summed E-state index contributed by atoms with van der Waals surface area (Å²) >= 11 is 1.45. The second kappa shape index (κ2) is 9.60. The molecule has 0 aliphatic rings. The Morgan fingerprint density at radius 2 is 1.79 bits per heavy atom. The second-order valence-corrected chi connectivity index (χ2v) is 9.09. The van der Waals surface area contributed by atoms with Gasteiger partial charge in [0.2, 0.25) is 10.0 Å². The molecule has 0 saturated carbocycles. The van der Waals surface area contributed by atoms with Crippen LogP contribution in [0.15, 0.2) is 72.6 Å². The lowest BCUT2D eigenvalue weighted by Crippen LogP contribution is -2.25.